The number of phenolic OH excluding ortho intramolecular Hbond substituents is 1. The molecule has 1 aromatic carbocycles. The summed E-state index contributed by atoms with van der Waals surface area (Å²) in [4.78, 5) is 20.5. The number of rotatable bonds is 5. The van der Waals surface area contributed by atoms with Gasteiger partial charge in [-0.05, 0) is 19.1 Å². The monoisotopic (exact) mass is 238 g/mol. The van der Waals surface area contributed by atoms with Gasteiger partial charge in [0, 0.05) is 5.56 Å². The molecule has 0 saturated carbocycles. The van der Waals surface area contributed by atoms with Gasteiger partial charge in [0.05, 0.1) is 13.3 Å². The third kappa shape index (κ3) is 4.12. The molecule has 0 aliphatic heterocycles. The van der Waals surface area contributed by atoms with Crippen LogP contribution in [0.4, 0.5) is 0 Å². The lowest BCUT2D eigenvalue weighted by molar-refractivity contribution is -0.142. The van der Waals surface area contributed by atoms with Crippen LogP contribution in [-0.4, -0.2) is 30.4 Å². The normalized spacial score (nSPS) is 12.4. The second-order valence-corrected chi connectivity index (χ2v) is 3.21. The van der Waals surface area contributed by atoms with Crippen LogP contribution in [-0.2, 0) is 14.5 Å². The van der Waals surface area contributed by atoms with Gasteiger partial charge < -0.3 is 9.94 Å². The Bertz CT molecular complexity index is 406. The molecule has 0 heterocycles. The maximum absolute atomic E-state index is 11.2. The van der Waals surface area contributed by atoms with Gasteiger partial charge in [0.25, 0.3) is 5.91 Å². The first-order valence-corrected chi connectivity index (χ1v) is 4.95. The summed E-state index contributed by atoms with van der Waals surface area (Å²) in [6, 6.07) is 6.65. The molecule has 92 valence electrons. The van der Waals surface area contributed by atoms with E-state index in [1.807, 2.05) is 0 Å². The highest BCUT2D eigenvalue weighted by atomic mass is 16.7. The van der Waals surface area contributed by atoms with E-state index in [0.717, 1.165) is 0 Å². The predicted octanol–water partition coefficient (Wildman–Crippen LogP) is 0.809. The van der Waals surface area contributed by atoms with Gasteiger partial charge in [-0.15, -0.1) is 0 Å². The van der Waals surface area contributed by atoms with Crippen molar-refractivity contribution in [1.29, 1.82) is 0 Å². The van der Waals surface area contributed by atoms with E-state index in [-0.39, 0.29) is 5.75 Å². The van der Waals surface area contributed by atoms with E-state index >= 15 is 0 Å². The number of oxime groups is 1. The smallest absolute Gasteiger partial charge is 0.287 e. The van der Waals surface area contributed by atoms with Crippen molar-refractivity contribution in [2.24, 2.45) is 5.16 Å². The van der Waals surface area contributed by atoms with E-state index in [1.165, 1.54) is 26.3 Å². The lowest BCUT2D eigenvalue weighted by Gasteiger charge is -2.08. The minimum atomic E-state index is -0.781. The van der Waals surface area contributed by atoms with Crippen molar-refractivity contribution in [2.75, 3.05) is 7.11 Å². The number of para-hydroxylation sites is 1. The van der Waals surface area contributed by atoms with Crippen LogP contribution < -0.4 is 5.48 Å². The molecule has 0 fully saturated rings. The number of nitrogens with one attached hydrogen (secondary N) is 1. The van der Waals surface area contributed by atoms with Gasteiger partial charge in [-0.1, -0.05) is 17.3 Å². The van der Waals surface area contributed by atoms with E-state index in [9.17, 15) is 9.90 Å². The van der Waals surface area contributed by atoms with Gasteiger partial charge in [-0.3, -0.25) is 9.63 Å². The number of hydrogen-bond acceptors (Lipinski definition) is 5. The molecular weight excluding hydrogens is 224 g/mol. The Morgan fingerprint density at radius 2 is 2.24 bits per heavy atom. The molecule has 0 aromatic heterocycles. The highest BCUT2D eigenvalue weighted by molar-refractivity contribution is 5.83. The quantitative estimate of drug-likeness (QED) is 0.587. The summed E-state index contributed by atoms with van der Waals surface area (Å²) >= 11 is 0. The Hall–Kier alpha value is -2.08. The van der Waals surface area contributed by atoms with Crippen LogP contribution in [0.3, 0.4) is 0 Å². The van der Waals surface area contributed by atoms with Crippen molar-refractivity contribution in [1.82, 2.24) is 5.48 Å². The highest BCUT2D eigenvalue weighted by Gasteiger charge is 2.12. The average Bonchev–Trinajstić information content (AvgIpc) is 2.31. The summed E-state index contributed by atoms with van der Waals surface area (Å²) in [5, 5.41) is 13.0. The lowest BCUT2D eigenvalue weighted by Crippen LogP contribution is -2.32. The van der Waals surface area contributed by atoms with Crippen LogP contribution in [0.5, 0.6) is 5.75 Å². The van der Waals surface area contributed by atoms with Crippen LogP contribution in [0.2, 0.25) is 0 Å². The first-order chi connectivity index (χ1) is 8.15. The molecule has 0 radical (unpaired) electrons. The number of hydrogen-bond donors (Lipinski definition) is 2. The SMILES string of the molecule is CONC(=O)C(C)O/N=C/c1ccccc1O. The van der Waals surface area contributed by atoms with Crippen molar-refractivity contribution in [3.8, 4) is 5.75 Å². The molecule has 0 saturated heterocycles. The topological polar surface area (TPSA) is 80.2 Å². The van der Waals surface area contributed by atoms with E-state index in [4.69, 9.17) is 4.84 Å². The number of carbonyl (C=O) groups excluding carboxylic acids is 1. The molecule has 1 rings (SSSR count). The fourth-order valence-corrected chi connectivity index (χ4v) is 1.01. The number of phenols is 1. The van der Waals surface area contributed by atoms with E-state index in [1.54, 1.807) is 18.2 Å². The van der Waals surface area contributed by atoms with Crippen molar-refractivity contribution < 1.29 is 19.6 Å². The number of hydroxylamine groups is 1. The van der Waals surface area contributed by atoms with Gasteiger partial charge in [0.1, 0.15) is 5.75 Å². The van der Waals surface area contributed by atoms with Gasteiger partial charge in [0.15, 0.2) is 0 Å². The molecule has 1 aromatic rings. The van der Waals surface area contributed by atoms with E-state index in [0.29, 0.717) is 5.56 Å². The Labute approximate surface area is 98.8 Å². The minimum Gasteiger partial charge on any atom is -0.507 e. The zero-order valence-electron chi connectivity index (χ0n) is 9.58. The Kier molecular flexibility index (Phi) is 4.96. The molecule has 0 spiro atoms. The number of carbonyl (C=O) groups is 1. The molecular formula is C11H14N2O4. The van der Waals surface area contributed by atoms with Crippen molar-refractivity contribution in [2.45, 2.75) is 13.0 Å². The molecule has 1 atom stereocenters. The van der Waals surface area contributed by atoms with E-state index < -0.39 is 12.0 Å². The van der Waals surface area contributed by atoms with Crippen molar-refractivity contribution >= 4 is 12.1 Å². The van der Waals surface area contributed by atoms with Crippen molar-refractivity contribution in [3.63, 3.8) is 0 Å². The molecule has 1 amide bonds. The van der Waals surface area contributed by atoms with Gasteiger partial charge >= 0.3 is 0 Å². The Balaban J connectivity index is 2.51. The van der Waals surface area contributed by atoms with Crippen molar-refractivity contribution in [3.05, 3.63) is 29.8 Å². The van der Waals surface area contributed by atoms with Crippen LogP contribution in [0.1, 0.15) is 12.5 Å². The standard InChI is InChI=1S/C11H14N2O4/c1-8(11(15)13-16-2)17-12-7-9-5-3-4-6-10(9)14/h3-8,14H,1-2H3,(H,13,15)/b12-7+. The third-order valence-corrected chi connectivity index (χ3v) is 1.92. The van der Waals surface area contributed by atoms with Crippen LogP contribution in [0.15, 0.2) is 29.4 Å². The third-order valence-electron chi connectivity index (χ3n) is 1.92. The fourth-order valence-electron chi connectivity index (χ4n) is 1.01. The second-order valence-electron chi connectivity index (χ2n) is 3.21. The maximum Gasteiger partial charge on any atom is 0.287 e. The van der Waals surface area contributed by atoms with Crippen LogP contribution >= 0.6 is 0 Å². The molecule has 2 N–H and O–H groups in total. The molecule has 6 nitrogen and oxygen atoms in total. The number of nitrogens with zero attached hydrogens (tertiary/aromatic N) is 1. The van der Waals surface area contributed by atoms with Gasteiger partial charge in [-0.25, -0.2) is 5.48 Å². The summed E-state index contributed by atoms with van der Waals surface area (Å²) in [6.07, 6.45) is 0.545. The highest BCUT2D eigenvalue weighted by Crippen LogP contribution is 2.12. The van der Waals surface area contributed by atoms with Gasteiger partial charge in [-0.2, -0.15) is 0 Å². The zero-order valence-corrected chi connectivity index (χ0v) is 9.58. The molecule has 0 aliphatic carbocycles. The number of benzene rings is 1. The van der Waals surface area contributed by atoms with E-state index in [2.05, 4.69) is 15.5 Å². The predicted molar refractivity (Wildman–Crippen MR) is 61.4 cm³/mol. The Morgan fingerprint density at radius 1 is 1.53 bits per heavy atom. The summed E-state index contributed by atoms with van der Waals surface area (Å²) in [5.41, 5.74) is 2.62. The molecule has 0 aliphatic rings. The first kappa shape index (κ1) is 13.0. The second kappa shape index (κ2) is 6.49. The van der Waals surface area contributed by atoms with Crippen LogP contribution in [0, 0.1) is 0 Å². The number of amides is 1. The van der Waals surface area contributed by atoms with Crippen LogP contribution in [0.25, 0.3) is 0 Å². The summed E-state index contributed by atoms with van der Waals surface area (Å²) in [7, 11) is 1.33. The first-order valence-electron chi connectivity index (χ1n) is 4.95. The fraction of sp³-hybridized carbons (Fsp3) is 0.273. The molecule has 1 unspecified atom stereocenters. The average molecular weight is 238 g/mol. The summed E-state index contributed by atoms with van der Waals surface area (Å²) < 4.78 is 0. The lowest BCUT2D eigenvalue weighted by atomic mass is 10.2. The largest absolute Gasteiger partial charge is 0.507 e. The minimum absolute atomic E-state index is 0.0915. The van der Waals surface area contributed by atoms with Gasteiger partial charge in [0.2, 0.25) is 6.10 Å². The molecule has 17 heavy (non-hydrogen) atoms. The summed E-state index contributed by atoms with van der Waals surface area (Å²) in [6.45, 7) is 1.52. The Morgan fingerprint density at radius 3 is 2.88 bits per heavy atom. The number of aromatic hydroxyl groups is 1. The zero-order chi connectivity index (χ0) is 12.7. The molecule has 0 bridgehead atoms. The maximum atomic E-state index is 11.2. The summed E-state index contributed by atoms with van der Waals surface area (Å²) in [5.74, 6) is -0.351. The molecule has 6 heteroatoms.